The molecule has 0 saturated heterocycles. The number of aryl methyl sites for hydroxylation is 1. The van der Waals surface area contributed by atoms with Crippen LogP contribution in [-0.4, -0.2) is 30.1 Å². The lowest BCUT2D eigenvalue weighted by molar-refractivity contribution is -0.141. The molecule has 104 valence electrons. The number of halogens is 1. The first-order chi connectivity index (χ1) is 8.90. The number of hydrogen-bond donors (Lipinski definition) is 2. The van der Waals surface area contributed by atoms with Gasteiger partial charge in [0.05, 0.1) is 5.92 Å². The van der Waals surface area contributed by atoms with Crippen molar-refractivity contribution in [2.45, 2.75) is 13.8 Å². The zero-order valence-electron chi connectivity index (χ0n) is 10.8. The third kappa shape index (κ3) is 5.18. The van der Waals surface area contributed by atoms with Crippen molar-refractivity contribution in [2.75, 3.05) is 13.2 Å². The zero-order chi connectivity index (χ0) is 14.4. The maximum absolute atomic E-state index is 11.5. The number of carboxylic acids is 1. The summed E-state index contributed by atoms with van der Waals surface area (Å²) in [7, 11) is 0. The second kappa shape index (κ2) is 6.99. The smallest absolute Gasteiger partial charge is 0.308 e. The van der Waals surface area contributed by atoms with Crippen LogP contribution in [0.15, 0.2) is 18.2 Å². The van der Waals surface area contributed by atoms with Gasteiger partial charge in [0.15, 0.2) is 6.61 Å². The van der Waals surface area contributed by atoms with E-state index in [0.717, 1.165) is 5.56 Å². The molecule has 0 aliphatic carbocycles. The van der Waals surface area contributed by atoms with Gasteiger partial charge in [0.25, 0.3) is 5.91 Å². The van der Waals surface area contributed by atoms with E-state index in [1.165, 1.54) is 6.92 Å². The molecular formula is C13H16ClNO4. The van der Waals surface area contributed by atoms with E-state index in [1.54, 1.807) is 18.2 Å². The molecule has 0 spiro atoms. The van der Waals surface area contributed by atoms with E-state index in [1.807, 2.05) is 6.92 Å². The SMILES string of the molecule is Cc1cc(Cl)ccc1OCC(=O)NCC(C)C(=O)O. The van der Waals surface area contributed by atoms with E-state index in [4.69, 9.17) is 21.4 Å². The highest BCUT2D eigenvalue weighted by molar-refractivity contribution is 6.30. The molecule has 2 N–H and O–H groups in total. The van der Waals surface area contributed by atoms with Gasteiger partial charge in [0.2, 0.25) is 0 Å². The van der Waals surface area contributed by atoms with E-state index in [2.05, 4.69) is 5.32 Å². The highest BCUT2D eigenvalue weighted by Gasteiger charge is 2.12. The number of benzene rings is 1. The third-order valence-electron chi connectivity index (χ3n) is 2.52. The maximum atomic E-state index is 11.5. The average molecular weight is 286 g/mol. The van der Waals surface area contributed by atoms with Crippen LogP contribution in [0.4, 0.5) is 0 Å². The predicted octanol–water partition coefficient (Wildman–Crippen LogP) is 1.86. The number of ether oxygens (including phenoxy) is 1. The van der Waals surface area contributed by atoms with Gasteiger partial charge in [-0.3, -0.25) is 9.59 Å². The molecule has 0 saturated carbocycles. The van der Waals surface area contributed by atoms with E-state index < -0.39 is 11.9 Å². The number of aliphatic carboxylic acids is 1. The monoisotopic (exact) mass is 285 g/mol. The van der Waals surface area contributed by atoms with Crippen LogP contribution in [0.3, 0.4) is 0 Å². The Labute approximate surface area is 116 Å². The summed E-state index contributed by atoms with van der Waals surface area (Å²) in [5, 5.41) is 11.8. The van der Waals surface area contributed by atoms with Crippen LogP contribution in [-0.2, 0) is 9.59 Å². The summed E-state index contributed by atoms with van der Waals surface area (Å²) >= 11 is 5.80. The predicted molar refractivity (Wildman–Crippen MR) is 71.5 cm³/mol. The first-order valence-corrected chi connectivity index (χ1v) is 6.16. The van der Waals surface area contributed by atoms with Crippen molar-refractivity contribution in [3.63, 3.8) is 0 Å². The molecule has 6 heteroatoms. The summed E-state index contributed by atoms with van der Waals surface area (Å²) in [6.07, 6.45) is 0. The summed E-state index contributed by atoms with van der Waals surface area (Å²) in [6.45, 7) is 3.27. The molecule has 1 aromatic rings. The van der Waals surface area contributed by atoms with Crippen molar-refractivity contribution < 1.29 is 19.4 Å². The molecule has 1 unspecified atom stereocenters. The second-order valence-corrected chi connectivity index (χ2v) is 4.68. The lowest BCUT2D eigenvalue weighted by Crippen LogP contribution is -2.34. The fourth-order valence-corrected chi connectivity index (χ4v) is 1.55. The molecule has 0 bridgehead atoms. The van der Waals surface area contributed by atoms with Crippen molar-refractivity contribution in [1.29, 1.82) is 0 Å². The summed E-state index contributed by atoms with van der Waals surface area (Å²) in [5.41, 5.74) is 0.833. The fourth-order valence-electron chi connectivity index (χ4n) is 1.32. The number of carboxylic acid groups (broad SMARTS) is 1. The van der Waals surface area contributed by atoms with Gasteiger partial charge in [-0.25, -0.2) is 0 Å². The molecule has 0 aliphatic heterocycles. The molecule has 19 heavy (non-hydrogen) atoms. The Bertz CT molecular complexity index is 476. The zero-order valence-corrected chi connectivity index (χ0v) is 11.5. The lowest BCUT2D eigenvalue weighted by atomic mass is 10.2. The Hall–Kier alpha value is -1.75. The third-order valence-corrected chi connectivity index (χ3v) is 2.76. The first-order valence-electron chi connectivity index (χ1n) is 5.78. The number of hydrogen-bond acceptors (Lipinski definition) is 3. The van der Waals surface area contributed by atoms with Crippen LogP contribution in [0, 0.1) is 12.8 Å². The van der Waals surface area contributed by atoms with Crippen molar-refractivity contribution in [3.05, 3.63) is 28.8 Å². The number of carbonyl (C=O) groups excluding carboxylic acids is 1. The van der Waals surface area contributed by atoms with E-state index in [-0.39, 0.29) is 19.1 Å². The molecule has 1 amide bonds. The number of nitrogens with one attached hydrogen (secondary N) is 1. The Morgan fingerprint density at radius 1 is 1.47 bits per heavy atom. The average Bonchev–Trinajstić information content (AvgIpc) is 2.34. The normalized spacial score (nSPS) is 11.7. The molecular weight excluding hydrogens is 270 g/mol. The van der Waals surface area contributed by atoms with Crippen molar-refractivity contribution in [3.8, 4) is 5.75 Å². The maximum Gasteiger partial charge on any atom is 0.308 e. The summed E-state index contributed by atoms with van der Waals surface area (Å²) in [6, 6.07) is 5.10. The fraction of sp³-hybridized carbons (Fsp3) is 0.385. The number of amides is 1. The minimum atomic E-state index is -0.949. The van der Waals surface area contributed by atoms with Crippen LogP contribution in [0.1, 0.15) is 12.5 Å². The topological polar surface area (TPSA) is 75.6 Å². The molecule has 1 aromatic carbocycles. The Morgan fingerprint density at radius 3 is 2.74 bits per heavy atom. The Morgan fingerprint density at radius 2 is 2.16 bits per heavy atom. The van der Waals surface area contributed by atoms with Gasteiger partial charge in [-0.15, -0.1) is 0 Å². The quantitative estimate of drug-likeness (QED) is 0.836. The first kappa shape index (κ1) is 15.3. The molecule has 0 aliphatic rings. The van der Waals surface area contributed by atoms with Crippen LogP contribution in [0.25, 0.3) is 0 Å². The minimum absolute atomic E-state index is 0.0805. The molecule has 0 aromatic heterocycles. The summed E-state index contributed by atoms with van der Waals surface area (Å²) in [4.78, 5) is 22.0. The van der Waals surface area contributed by atoms with E-state index in [0.29, 0.717) is 10.8 Å². The van der Waals surface area contributed by atoms with Gasteiger partial charge in [0, 0.05) is 11.6 Å². The van der Waals surface area contributed by atoms with Crippen molar-refractivity contribution >= 4 is 23.5 Å². The van der Waals surface area contributed by atoms with Gasteiger partial charge in [-0.1, -0.05) is 18.5 Å². The van der Waals surface area contributed by atoms with Crippen molar-refractivity contribution in [2.24, 2.45) is 5.92 Å². The molecule has 0 radical (unpaired) electrons. The molecule has 0 fully saturated rings. The number of carbonyl (C=O) groups is 2. The Kier molecular flexibility index (Phi) is 5.63. The van der Waals surface area contributed by atoms with Crippen LogP contribution in [0.2, 0.25) is 5.02 Å². The molecule has 1 rings (SSSR count). The van der Waals surface area contributed by atoms with Crippen LogP contribution >= 0.6 is 11.6 Å². The van der Waals surface area contributed by atoms with Gasteiger partial charge in [-0.05, 0) is 30.7 Å². The Balaban J connectivity index is 2.40. The van der Waals surface area contributed by atoms with E-state index in [9.17, 15) is 9.59 Å². The highest BCUT2D eigenvalue weighted by atomic mass is 35.5. The van der Waals surface area contributed by atoms with Crippen molar-refractivity contribution in [1.82, 2.24) is 5.32 Å². The van der Waals surface area contributed by atoms with Gasteiger partial charge < -0.3 is 15.2 Å². The van der Waals surface area contributed by atoms with Gasteiger partial charge in [-0.2, -0.15) is 0 Å². The number of rotatable bonds is 6. The second-order valence-electron chi connectivity index (χ2n) is 4.24. The minimum Gasteiger partial charge on any atom is -0.484 e. The molecule has 0 heterocycles. The molecule has 5 nitrogen and oxygen atoms in total. The summed E-state index contributed by atoms with van der Waals surface area (Å²) < 4.78 is 5.33. The van der Waals surface area contributed by atoms with Gasteiger partial charge in [0.1, 0.15) is 5.75 Å². The largest absolute Gasteiger partial charge is 0.484 e. The van der Waals surface area contributed by atoms with E-state index >= 15 is 0 Å². The lowest BCUT2D eigenvalue weighted by Gasteiger charge is -2.11. The van der Waals surface area contributed by atoms with Gasteiger partial charge >= 0.3 is 5.97 Å². The van der Waals surface area contributed by atoms with Crippen LogP contribution < -0.4 is 10.1 Å². The highest BCUT2D eigenvalue weighted by Crippen LogP contribution is 2.21. The molecule has 1 atom stereocenters. The summed E-state index contributed by atoms with van der Waals surface area (Å²) in [5.74, 6) is -1.36. The standard InChI is InChI=1S/C13H16ClNO4/c1-8-5-10(14)3-4-11(8)19-7-12(16)15-6-9(2)13(17)18/h3-5,9H,6-7H2,1-2H3,(H,15,16)(H,17,18). The van der Waals surface area contributed by atoms with Crippen LogP contribution in [0.5, 0.6) is 5.75 Å².